The second-order valence-electron chi connectivity index (χ2n) is 5.23. The molecule has 0 bridgehead atoms. The number of nitrogens with one attached hydrogen (secondary N) is 1. The number of H-pyrrole nitrogens is 1. The lowest BCUT2D eigenvalue weighted by Gasteiger charge is -2.37. The molecular weight excluding hydrogens is 248 g/mol. The van der Waals surface area contributed by atoms with Gasteiger partial charge in [-0.15, -0.1) is 0 Å². The molecular formula is C16H20N4. The maximum atomic E-state index is 4.01. The minimum absolute atomic E-state index is 1.05. The topological polar surface area (TPSA) is 35.2 Å². The summed E-state index contributed by atoms with van der Waals surface area (Å²) >= 11 is 0. The molecule has 4 heteroatoms. The summed E-state index contributed by atoms with van der Waals surface area (Å²) in [4.78, 5) is 4.77. The van der Waals surface area contributed by atoms with Crippen LogP contribution in [-0.2, 0) is 0 Å². The van der Waals surface area contributed by atoms with Crippen molar-refractivity contribution in [2.24, 2.45) is 0 Å². The van der Waals surface area contributed by atoms with Gasteiger partial charge in [-0.25, -0.2) is 0 Å². The van der Waals surface area contributed by atoms with E-state index in [9.17, 15) is 0 Å². The summed E-state index contributed by atoms with van der Waals surface area (Å²) in [5.41, 5.74) is 4.68. The zero-order chi connectivity index (χ0) is 13.9. The summed E-state index contributed by atoms with van der Waals surface area (Å²) < 4.78 is 0. The standard InChI is InChI=1S/C16H20N4/c1-13(2)19-9-11-20(12-10-19)15-5-3-14(4-6-15)16-7-8-17-18-16/h3-8H,1,9-12H2,2H3,(H,17,18). The van der Waals surface area contributed by atoms with Crippen LogP contribution in [0.2, 0.25) is 0 Å². The van der Waals surface area contributed by atoms with Gasteiger partial charge < -0.3 is 9.80 Å². The Labute approximate surface area is 119 Å². The number of hydrogen-bond acceptors (Lipinski definition) is 3. The van der Waals surface area contributed by atoms with Gasteiger partial charge in [-0.05, 0) is 30.7 Å². The zero-order valence-corrected chi connectivity index (χ0v) is 11.8. The van der Waals surface area contributed by atoms with Crippen LogP contribution in [0.3, 0.4) is 0 Å². The molecule has 1 N–H and O–H groups in total. The lowest BCUT2D eigenvalue weighted by Crippen LogP contribution is -2.45. The highest BCUT2D eigenvalue weighted by molar-refractivity contribution is 5.62. The molecule has 0 unspecified atom stereocenters. The molecule has 0 aliphatic carbocycles. The smallest absolute Gasteiger partial charge is 0.0650 e. The number of benzene rings is 1. The maximum Gasteiger partial charge on any atom is 0.0650 e. The van der Waals surface area contributed by atoms with Gasteiger partial charge in [-0.2, -0.15) is 5.10 Å². The van der Waals surface area contributed by atoms with Crippen LogP contribution in [-0.4, -0.2) is 41.3 Å². The van der Waals surface area contributed by atoms with Crippen LogP contribution in [0.15, 0.2) is 48.8 Å². The van der Waals surface area contributed by atoms with Crippen molar-refractivity contribution in [2.45, 2.75) is 6.92 Å². The Bertz CT molecular complexity index is 563. The summed E-state index contributed by atoms with van der Waals surface area (Å²) in [7, 11) is 0. The van der Waals surface area contributed by atoms with E-state index in [0.717, 1.165) is 31.9 Å². The molecule has 1 aliphatic rings. The normalized spacial score (nSPS) is 15.4. The molecule has 4 nitrogen and oxygen atoms in total. The van der Waals surface area contributed by atoms with Crippen molar-refractivity contribution in [1.29, 1.82) is 0 Å². The molecule has 1 fully saturated rings. The van der Waals surface area contributed by atoms with E-state index in [1.807, 2.05) is 6.07 Å². The van der Waals surface area contributed by atoms with Gasteiger partial charge in [-0.3, -0.25) is 5.10 Å². The molecule has 0 amide bonds. The Hall–Kier alpha value is -2.23. The third-order valence-corrected chi connectivity index (χ3v) is 3.86. The summed E-state index contributed by atoms with van der Waals surface area (Å²) in [6.07, 6.45) is 1.78. The largest absolute Gasteiger partial charge is 0.372 e. The van der Waals surface area contributed by atoms with Gasteiger partial charge in [0, 0.05) is 43.8 Å². The van der Waals surface area contributed by atoms with Gasteiger partial charge in [-0.1, -0.05) is 18.7 Å². The van der Waals surface area contributed by atoms with Crippen LogP contribution in [0.1, 0.15) is 6.92 Å². The second-order valence-corrected chi connectivity index (χ2v) is 5.23. The number of nitrogens with zero attached hydrogens (tertiary/aromatic N) is 3. The Morgan fingerprint density at radius 2 is 1.80 bits per heavy atom. The number of aromatic nitrogens is 2. The molecule has 2 aromatic rings. The van der Waals surface area contributed by atoms with E-state index in [4.69, 9.17) is 0 Å². The van der Waals surface area contributed by atoms with Gasteiger partial charge in [0.2, 0.25) is 0 Å². The van der Waals surface area contributed by atoms with Crippen molar-refractivity contribution in [1.82, 2.24) is 15.1 Å². The fourth-order valence-corrected chi connectivity index (χ4v) is 2.61. The van der Waals surface area contributed by atoms with Crippen LogP contribution in [0, 0.1) is 0 Å². The number of allylic oxidation sites excluding steroid dienone is 1. The first kappa shape index (κ1) is 12.8. The molecule has 0 spiro atoms. The monoisotopic (exact) mass is 268 g/mol. The average Bonchev–Trinajstić information content (AvgIpc) is 3.02. The Kier molecular flexibility index (Phi) is 3.46. The molecule has 1 saturated heterocycles. The van der Waals surface area contributed by atoms with Crippen molar-refractivity contribution < 1.29 is 0 Å². The van der Waals surface area contributed by atoms with Gasteiger partial charge in [0.15, 0.2) is 0 Å². The van der Waals surface area contributed by atoms with E-state index in [0.29, 0.717) is 0 Å². The van der Waals surface area contributed by atoms with E-state index in [2.05, 4.69) is 57.8 Å². The van der Waals surface area contributed by atoms with E-state index in [-0.39, 0.29) is 0 Å². The predicted molar refractivity (Wildman–Crippen MR) is 82.6 cm³/mol. The van der Waals surface area contributed by atoms with E-state index in [1.54, 1.807) is 6.20 Å². The number of hydrogen-bond donors (Lipinski definition) is 1. The lowest BCUT2D eigenvalue weighted by atomic mass is 10.1. The number of aromatic amines is 1. The van der Waals surface area contributed by atoms with E-state index >= 15 is 0 Å². The zero-order valence-electron chi connectivity index (χ0n) is 11.8. The van der Waals surface area contributed by atoms with Crippen molar-refractivity contribution in [3.8, 4) is 11.3 Å². The Morgan fingerprint density at radius 1 is 1.10 bits per heavy atom. The maximum absolute atomic E-state index is 4.01. The third-order valence-electron chi connectivity index (χ3n) is 3.86. The van der Waals surface area contributed by atoms with Crippen LogP contribution in [0.25, 0.3) is 11.3 Å². The minimum atomic E-state index is 1.05. The summed E-state index contributed by atoms with van der Waals surface area (Å²) in [6.45, 7) is 10.3. The molecule has 0 atom stereocenters. The lowest BCUT2D eigenvalue weighted by molar-refractivity contribution is 0.323. The molecule has 1 aromatic carbocycles. The third kappa shape index (κ3) is 2.54. The van der Waals surface area contributed by atoms with Crippen molar-refractivity contribution >= 4 is 5.69 Å². The van der Waals surface area contributed by atoms with E-state index in [1.165, 1.54) is 16.9 Å². The van der Waals surface area contributed by atoms with Gasteiger partial charge in [0.05, 0.1) is 5.69 Å². The summed E-state index contributed by atoms with van der Waals surface area (Å²) in [5, 5.41) is 6.98. The summed E-state index contributed by atoms with van der Waals surface area (Å²) in [6, 6.07) is 10.7. The average molecular weight is 268 g/mol. The van der Waals surface area contributed by atoms with Crippen molar-refractivity contribution in [3.63, 3.8) is 0 Å². The SMILES string of the molecule is C=C(C)N1CCN(c2ccc(-c3ccn[nH]3)cc2)CC1. The fraction of sp³-hybridized carbons (Fsp3) is 0.312. The molecule has 1 aliphatic heterocycles. The highest BCUT2D eigenvalue weighted by atomic mass is 15.3. The first-order chi connectivity index (χ1) is 9.74. The molecule has 3 rings (SSSR count). The fourth-order valence-electron chi connectivity index (χ4n) is 2.61. The molecule has 1 aromatic heterocycles. The molecule has 0 saturated carbocycles. The predicted octanol–water partition coefficient (Wildman–Crippen LogP) is 2.73. The van der Waals surface area contributed by atoms with Gasteiger partial charge >= 0.3 is 0 Å². The quantitative estimate of drug-likeness (QED) is 0.929. The first-order valence-electron chi connectivity index (χ1n) is 6.99. The van der Waals surface area contributed by atoms with Gasteiger partial charge in [0.25, 0.3) is 0 Å². The number of anilines is 1. The molecule has 20 heavy (non-hydrogen) atoms. The Morgan fingerprint density at radius 3 is 2.35 bits per heavy atom. The second kappa shape index (κ2) is 5.41. The summed E-state index contributed by atoms with van der Waals surface area (Å²) in [5.74, 6) is 0. The van der Waals surface area contributed by atoms with Crippen molar-refractivity contribution in [2.75, 3.05) is 31.1 Å². The first-order valence-corrected chi connectivity index (χ1v) is 6.99. The highest BCUT2D eigenvalue weighted by Crippen LogP contribution is 2.22. The van der Waals surface area contributed by atoms with E-state index < -0.39 is 0 Å². The van der Waals surface area contributed by atoms with Crippen molar-refractivity contribution in [3.05, 3.63) is 48.8 Å². The molecule has 2 heterocycles. The molecule has 0 radical (unpaired) electrons. The van der Waals surface area contributed by atoms with Crippen LogP contribution in [0.4, 0.5) is 5.69 Å². The van der Waals surface area contributed by atoms with Gasteiger partial charge in [0.1, 0.15) is 0 Å². The molecule has 104 valence electrons. The number of piperazine rings is 1. The van der Waals surface area contributed by atoms with Crippen LogP contribution in [0.5, 0.6) is 0 Å². The van der Waals surface area contributed by atoms with Crippen LogP contribution < -0.4 is 4.90 Å². The minimum Gasteiger partial charge on any atom is -0.372 e. The highest BCUT2D eigenvalue weighted by Gasteiger charge is 2.16. The number of rotatable bonds is 3. The Balaban J connectivity index is 1.68. The van der Waals surface area contributed by atoms with Crippen LogP contribution >= 0.6 is 0 Å².